The molecule has 1 aromatic carbocycles. The zero-order chi connectivity index (χ0) is 19.4. The molecule has 1 saturated heterocycles. The van der Waals surface area contributed by atoms with Crippen LogP contribution in [0.3, 0.4) is 0 Å². The van der Waals surface area contributed by atoms with Gasteiger partial charge in [0.25, 0.3) is 0 Å². The van der Waals surface area contributed by atoms with Crippen molar-refractivity contribution >= 4 is 11.9 Å². The molecule has 2 heterocycles. The number of anilines is 1. The van der Waals surface area contributed by atoms with Gasteiger partial charge < -0.3 is 9.80 Å². The first kappa shape index (κ1) is 18.8. The van der Waals surface area contributed by atoms with Crippen LogP contribution in [0.1, 0.15) is 36.2 Å². The van der Waals surface area contributed by atoms with Crippen molar-refractivity contribution in [3.8, 4) is 6.07 Å². The molecule has 6 nitrogen and oxygen atoms in total. The van der Waals surface area contributed by atoms with E-state index in [1.165, 1.54) is 12.1 Å². The van der Waals surface area contributed by atoms with Gasteiger partial charge in [-0.25, -0.2) is 14.4 Å². The maximum Gasteiger partial charge on any atom is 0.230 e. The summed E-state index contributed by atoms with van der Waals surface area (Å²) >= 11 is 0. The molecule has 0 bridgehead atoms. The summed E-state index contributed by atoms with van der Waals surface area (Å²) in [7, 11) is 0. The normalized spacial score (nSPS) is 15.3. The van der Waals surface area contributed by atoms with E-state index in [0.717, 1.165) is 11.3 Å². The van der Waals surface area contributed by atoms with Crippen LogP contribution in [0.25, 0.3) is 0 Å². The summed E-state index contributed by atoms with van der Waals surface area (Å²) in [5.41, 5.74) is 1.93. The Balaban J connectivity index is 1.67. The molecular weight excluding hydrogens is 345 g/mol. The molecule has 0 saturated carbocycles. The van der Waals surface area contributed by atoms with Crippen molar-refractivity contribution in [1.82, 2.24) is 14.9 Å². The molecule has 1 unspecified atom stereocenters. The van der Waals surface area contributed by atoms with E-state index in [4.69, 9.17) is 5.26 Å². The van der Waals surface area contributed by atoms with Gasteiger partial charge in [-0.05, 0) is 37.1 Å². The number of aromatic nitrogens is 2. The lowest BCUT2D eigenvalue weighted by molar-refractivity contribution is -0.133. The minimum atomic E-state index is -0.301. The Morgan fingerprint density at radius 1 is 1.22 bits per heavy atom. The van der Waals surface area contributed by atoms with E-state index in [0.29, 0.717) is 44.2 Å². The summed E-state index contributed by atoms with van der Waals surface area (Å²) in [6.45, 7) is 6.15. The van der Waals surface area contributed by atoms with Crippen LogP contribution >= 0.6 is 0 Å². The molecular formula is C20H22FN5O. The highest BCUT2D eigenvalue weighted by atomic mass is 19.1. The number of carbonyl (C=O) groups excluding carboxylic acids is 1. The van der Waals surface area contributed by atoms with Crippen molar-refractivity contribution in [1.29, 1.82) is 5.26 Å². The molecule has 27 heavy (non-hydrogen) atoms. The third-order valence-electron chi connectivity index (χ3n) is 4.81. The molecule has 0 N–H and O–H groups in total. The van der Waals surface area contributed by atoms with Gasteiger partial charge in [0.2, 0.25) is 11.9 Å². The van der Waals surface area contributed by atoms with Gasteiger partial charge in [0.05, 0.1) is 5.92 Å². The molecule has 0 spiro atoms. The summed E-state index contributed by atoms with van der Waals surface area (Å²) in [6, 6.07) is 9.85. The van der Waals surface area contributed by atoms with E-state index >= 15 is 0 Å². The van der Waals surface area contributed by atoms with Crippen LogP contribution < -0.4 is 4.90 Å². The monoisotopic (exact) mass is 367 g/mol. The summed E-state index contributed by atoms with van der Waals surface area (Å²) < 4.78 is 13.2. The molecule has 7 heteroatoms. The highest BCUT2D eigenvalue weighted by Gasteiger charge is 2.28. The number of carbonyl (C=O) groups is 1. The molecule has 1 fully saturated rings. The Morgan fingerprint density at radius 2 is 1.89 bits per heavy atom. The minimum absolute atomic E-state index is 0.0617. The Labute approximate surface area is 158 Å². The summed E-state index contributed by atoms with van der Waals surface area (Å²) in [5.74, 6) is 0.0259. The van der Waals surface area contributed by atoms with Gasteiger partial charge in [-0.1, -0.05) is 19.1 Å². The SMILES string of the molecule is CCC(C(=O)N1CCN(c2nc(C)cc(C#N)n2)CC1)c1ccc(F)cc1. The fourth-order valence-corrected chi connectivity index (χ4v) is 3.35. The van der Waals surface area contributed by atoms with Crippen LogP contribution in [0.4, 0.5) is 10.3 Å². The summed E-state index contributed by atoms with van der Waals surface area (Å²) in [4.78, 5) is 25.5. The number of nitriles is 1. The standard InChI is InChI=1S/C20H22FN5O/c1-3-18(15-4-6-16(21)7-5-15)19(27)25-8-10-26(11-9-25)20-23-14(2)12-17(13-22)24-20/h4-7,12,18H,3,8-11H2,1-2H3. The molecule has 140 valence electrons. The fraction of sp³-hybridized carbons (Fsp3) is 0.400. The van der Waals surface area contributed by atoms with Gasteiger partial charge in [-0.2, -0.15) is 5.26 Å². The first-order chi connectivity index (χ1) is 13.0. The lowest BCUT2D eigenvalue weighted by Gasteiger charge is -2.36. The number of piperazine rings is 1. The summed E-state index contributed by atoms with van der Waals surface area (Å²) in [6.07, 6.45) is 0.664. The second kappa shape index (κ2) is 8.12. The third-order valence-corrected chi connectivity index (χ3v) is 4.81. The van der Waals surface area contributed by atoms with E-state index in [1.54, 1.807) is 18.2 Å². The van der Waals surface area contributed by atoms with Crippen molar-refractivity contribution < 1.29 is 9.18 Å². The first-order valence-electron chi connectivity index (χ1n) is 9.06. The Morgan fingerprint density at radius 3 is 2.48 bits per heavy atom. The van der Waals surface area contributed by atoms with E-state index in [-0.39, 0.29) is 17.6 Å². The van der Waals surface area contributed by atoms with E-state index in [1.807, 2.05) is 29.7 Å². The van der Waals surface area contributed by atoms with Gasteiger partial charge >= 0.3 is 0 Å². The molecule has 1 aliphatic rings. The van der Waals surface area contributed by atoms with Crippen molar-refractivity contribution in [2.45, 2.75) is 26.2 Å². The van der Waals surface area contributed by atoms with E-state index in [2.05, 4.69) is 9.97 Å². The second-order valence-corrected chi connectivity index (χ2v) is 6.63. The highest BCUT2D eigenvalue weighted by molar-refractivity contribution is 5.84. The first-order valence-corrected chi connectivity index (χ1v) is 9.06. The topological polar surface area (TPSA) is 73.1 Å². The third kappa shape index (κ3) is 4.22. The number of hydrogen-bond donors (Lipinski definition) is 0. The van der Waals surface area contributed by atoms with Crippen LogP contribution in [0.5, 0.6) is 0 Å². The van der Waals surface area contributed by atoms with E-state index in [9.17, 15) is 9.18 Å². The van der Waals surface area contributed by atoms with Gasteiger partial charge in [-0.15, -0.1) is 0 Å². The number of aryl methyl sites for hydroxylation is 1. The quantitative estimate of drug-likeness (QED) is 0.831. The number of rotatable bonds is 4. The molecule has 0 radical (unpaired) electrons. The molecule has 3 rings (SSSR count). The largest absolute Gasteiger partial charge is 0.339 e. The number of hydrogen-bond acceptors (Lipinski definition) is 5. The Hall–Kier alpha value is -3.01. The van der Waals surface area contributed by atoms with Gasteiger partial charge in [-0.3, -0.25) is 4.79 Å². The number of benzene rings is 1. The maximum absolute atomic E-state index is 13.2. The molecule has 0 aliphatic carbocycles. The minimum Gasteiger partial charge on any atom is -0.339 e. The van der Waals surface area contributed by atoms with Crippen LogP contribution in [-0.2, 0) is 4.79 Å². The number of amides is 1. The van der Waals surface area contributed by atoms with Crippen LogP contribution in [0.2, 0.25) is 0 Å². The van der Waals surface area contributed by atoms with Crippen molar-refractivity contribution in [2.24, 2.45) is 0 Å². The average Bonchev–Trinajstić information content (AvgIpc) is 2.69. The molecule has 1 aliphatic heterocycles. The fourth-order valence-electron chi connectivity index (χ4n) is 3.35. The maximum atomic E-state index is 13.2. The smallest absolute Gasteiger partial charge is 0.230 e. The molecule has 1 atom stereocenters. The number of halogens is 1. The zero-order valence-electron chi connectivity index (χ0n) is 15.5. The van der Waals surface area contributed by atoms with Crippen LogP contribution in [-0.4, -0.2) is 47.0 Å². The summed E-state index contributed by atoms with van der Waals surface area (Å²) in [5, 5.41) is 9.08. The molecule has 1 amide bonds. The number of nitrogens with zero attached hydrogens (tertiary/aromatic N) is 5. The van der Waals surface area contributed by atoms with Crippen LogP contribution in [0, 0.1) is 24.1 Å². The Bertz CT molecular complexity index is 854. The van der Waals surface area contributed by atoms with Crippen molar-refractivity contribution in [2.75, 3.05) is 31.1 Å². The predicted molar refractivity (Wildman–Crippen MR) is 99.7 cm³/mol. The van der Waals surface area contributed by atoms with Crippen LogP contribution in [0.15, 0.2) is 30.3 Å². The zero-order valence-corrected chi connectivity index (χ0v) is 15.5. The lowest BCUT2D eigenvalue weighted by atomic mass is 9.94. The highest BCUT2D eigenvalue weighted by Crippen LogP contribution is 2.24. The molecule has 1 aromatic heterocycles. The van der Waals surface area contributed by atoms with Crippen molar-refractivity contribution in [3.05, 3.63) is 53.1 Å². The lowest BCUT2D eigenvalue weighted by Crippen LogP contribution is -2.50. The average molecular weight is 367 g/mol. The van der Waals surface area contributed by atoms with Gasteiger partial charge in [0.15, 0.2) is 0 Å². The van der Waals surface area contributed by atoms with E-state index < -0.39 is 0 Å². The molecule has 2 aromatic rings. The second-order valence-electron chi connectivity index (χ2n) is 6.63. The van der Waals surface area contributed by atoms with Gasteiger partial charge in [0.1, 0.15) is 17.6 Å². The Kier molecular flexibility index (Phi) is 5.65. The van der Waals surface area contributed by atoms with Gasteiger partial charge in [0, 0.05) is 31.9 Å². The van der Waals surface area contributed by atoms with Crippen molar-refractivity contribution in [3.63, 3.8) is 0 Å². The predicted octanol–water partition coefficient (Wildman–Crippen LogP) is 2.64.